The molecule has 1 unspecified atom stereocenters. The van der Waals surface area contributed by atoms with Crippen LogP contribution in [0, 0.1) is 6.92 Å². The first kappa shape index (κ1) is 24.7. The number of rotatable bonds is 6. The van der Waals surface area contributed by atoms with Crippen LogP contribution in [-0.4, -0.2) is 52.7 Å². The number of amides is 4. The van der Waals surface area contributed by atoms with Crippen LogP contribution >= 0.6 is 0 Å². The van der Waals surface area contributed by atoms with Crippen LogP contribution in [0.4, 0.5) is 16.2 Å². The molecule has 3 N–H and O–H groups in total. The van der Waals surface area contributed by atoms with E-state index < -0.39 is 0 Å². The molecule has 1 aromatic heterocycles. The number of carbonyl (C=O) groups is 3. The zero-order valence-electron chi connectivity index (χ0n) is 20.5. The van der Waals surface area contributed by atoms with Crippen molar-refractivity contribution in [2.75, 3.05) is 30.8 Å². The molecule has 0 aliphatic carbocycles. The Morgan fingerprint density at radius 2 is 1.83 bits per heavy atom. The van der Waals surface area contributed by atoms with Crippen molar-refractivity contribution in [1.29, 1.82) is 0 Å². The molecule has 1 aliphatic rings. The van der Waals surface area contributed by atoms with E-state index in [0.717, 1.165) is 24.0 Å². The van der Waals surface area contributed by atoms with Gasteiger partial charge in [-0.3, -0.25) is 14.3 Å². The molecule has 4 amide bonds. The lowest BCUT2D eigenvalue weighted by molar-refractivity contribution is -0.127. The fraction of sp³-hybridized carbons (Fsp3) is 0.259. The lowest BCUT2D eigenvalue weighted by atomic mass is 10.1. The number of carbonyl (C=O) groups excluding carboxylic acids is 3. The van der Waals surface area contributed by atoms with Crippen molar-refractivity contribution in [2.45, 2.75) is 25.8 Å². The first-order valence-corrected chi connectivity index (χ1v) is 11.9. The molecule has 1 saturated heterocycles. The smallest absolute Gasteiger partial charge is 0.323 e. The van der Waals surface area contributed by atoms with Crippen molar-refractivity contribution >= 4 is 29.2 Å². The van der Waals surface area contributed by atoms with Crippen molar-refractivity contribution in [2.24, 2.45) is 0 Å². The van der Waals surface area contributed by atoms with E-state index in [9.17, 15) is 14.4 Å². The van der Waals surface area contributed by atoms with Crippen LogP contribution < -0.4 is 16.0 Å². The van der Waals surface area contributed by atoms with Gasteiger partial charge in [-0.05, 0) is 55.7 Å². The summed E-state index contributed by atoms with van der Waals surface area (Å²) in [5.41, 5.74) is 4.10. The summed E-state index contributed by atoms with van der Waals surface area (Å²) in [6, 6.07) is 14.3. The van der Waals surface area contributed by atoms with Crippen LogP contribution in [0.5, 0.6) is 0 Å². The van der Waals surface area contributed by atoms with Crippen LogP contribution in [-0.2, 0) is 4.79 Å². The lowest BCUT2D eigenvalue weighted by Gasteiger charge is -2.32. The summed E-state index contributed by atoms with van der Waals surface area (Å²) in [6.45, 7) is 6.73. The van der Waals surface area contributed by atoms with Gasteiger partial charge in [-0.15, -0.1) is 0 Å². The number of hydrogen-bond donors (Lipinski definition) is 3. The minimum absolute atomic E-state index is 0.0361. The number of piperidine rings is 1. The van der Waals surface area contributed by atoms with Crippen LogP contribution in [0.15, 0.2) is 67.4 Å². The Bertz CT molecular complexity index is 1280. The summed E-state index contributed by atoms with van der Waals surface area (Å²) >= 11 is 0. The molecule has 9 nitrogen and oxygen atoms in total. The summed E-state index contributed by atoms with van der Waals surface area (Å²) in [5, 5.41) is 13.0. The molecule has 1 fully saturated rings. The van der Waals surface area contributed by atoms with E-state index >= 15 is 0 Å². The number of benzene rings is 2. The predicted octanol–water partition coefficient (Wildman–Crippen LogP) is 4.21. The van der Waals surface area contributed by atoms with Gasteiger partial charge in [0, 0.05) is 43.3 Å². The monoisotopic (exact) mass is 486 g/mol. The van der Waals surface area contributed by atoms with Crippen LogP contribution in [0.1, 0.15) is 34.8 Å². The fourth-order valence-corrected chi connectivity index (χ4v) is 4.32. The van der Waals surface area contributed by atoms with Gasteiger partial charge in [0.15, 0.2) is 0 Å². The molecule has 0 saturated carbocycles. The van der Waals surface area contributed by atoms with Gasteiger partial charge < -0.3 is 20.9 Å². The Hall–Kier alpha value is -4.40. The Kier molecular flexibility index (Phi) is 7.48. The number of nitrogens with zero attached hydrogens (tertiary/aromatic N) is 3. The lowest BCUT2D eigenvalue weighted by Crippen LogP contribution is -2.40. The summed E-state index contributed by atoms with van der Waals surface area (Å²) < 4.78 is 1.78. The van der Waals surface area contributed by atoms with Crippen molar-refractivity contribution < 1.29 is 14.4 Å². The van der Waals surface area contributed by atoms with Gasteiger partial charge in [-0.1, -0.05) is 30.8 Å². The second kappa shape index (κ2) is 10.9. The number of hydrogen-bond acceptors (Lipinski definition) is 4. The first-order chi connectivity index (χ1) is 17.4. The Balaban J connectivity index is 1.52. The maximum atomic E-state index is 12.6. The average Bonchev–Trinajstić information content (AvgIpc) is 3.34. The highest BCUT2D eigenvalue weighted by atomic mass is 16.2. The highest BCUT2D eigenvalue weighted by Gasteiger charge is 2.26. The van der Waals surface area contributed by atoms with Gasteiger partial charge in [-0.25, -0.2) is 4.79 Å². The number of aromatic nitrogens is 2. The van der Waals surface area contributed by atoms with Crippen molar-refractivity contribution in [3.8, 4) is 11.3 Å². The van der Waals surface area contributed by atoms with E-state index in [1.165, 1.54) is 6.08 Å². The van der Waals surface area contributed by atoms with E-state index in [1.54, 1.807) is 35.0 Å². The molecule has 0 spiro atoms. The van der Waals surface area contributed by atoms with E-state index in [-0.39, 0.29) is 23.9 Å². The second-order valence-electron chi connectivity index (χ2n) is 8.76. The minimum Gasteiger partial charge on any atom is -0.355 e. The Labute approximate surface area is 210 Å². The molecule has 3 aromatic rings. The molecule has 0 bridgehead atoms. The average molecular weight is 487 g/mol. The predicted molar refractivity (Wildman–Crippen MR) is 140 cm³/mol. The first-order valence-electron chi connectivity index (χ1n) is 11.9. The SMILES string of the molecule is C=CC(=O)N1CCCC(n2cc(C(=O)NC)c(-c3ccc(NC(=O)Nc4cccc(C)c4)cc3)n2)C1. The second-order valence-corrected chi connectivity index (χ2v) is 8.76. The van der Waals surface area contributed by atoms with Gasteiger partial charge in [0.25, 0.3) is 5.91 Å². The van der Waals surface area contributed by atoms with E-state index in [4.69, 9.17) is 5.10 Å². The molecule has 186 valence electrons. The van der Waals surface area contributed by atoms with Crippen LogP contribution in [0.25, 0.3) is 11.3 Å². The number of urea groups is 1. The molecular weight excluding hydrogens is 456 g/mol. The number of anilines is 2. The maximum absolute atomic E-state index is 12.6. The van der Waals surface area contributed by atoms with E-state index in [0.29, 0.717) is 35.7 Å². The van der Waals surface area contributed by atoms with Gasteiger partial charge in [0.2, 0.25) is 5.91 Å². The van der Waals surface area contributed by atoms with Gasteiger partial charge >= 0.3 is 6.03 Å². The summed E-state index contributed by atoms with van der Waals surface area (Å²) in [7, 11) is 1.58. The van der Waals surface area contributed by atoms with E-state index in [1.807, 2.05) is 43.3 Å². The Morgan fingerprint density at radius 1 is 1.08 bits per heavy atom. The largest absolute Gasteiger partial charge is 0.355 e. The van der Waals surface area contributed by atoms with Crippen LogP contribution in [0.3, 0.4) is 0 Å². The van der Waals surface area contributed by atoms with Gasteiger partial charge in [-0.2, -0.15) is 5.10 Å². The number of nitrogens with one attached hydrogen (secondary N) is 3. The maximum Gasteiger partial charge on any atom is 0.323 e. The molecule has 4 rings (SSSR count). The normalized spacial score (nSPS) is 15.2. The molecular formula is C27H30N6O3. The molecule has 2 heterocycles. The fourth-order valence-electron chi connectivity index (χ4n) is 4.32. The van der Waals surface area contributed by atoms with Crippen LogP contribution in [0.2, 0.25) is 0 Å². The van der Waals surface area contributed by atoms with Gasteiger partial charge in [0.05, 0.1) is 11.6 Å². The molecule has 1 atom stereocenters. The minimum atomic E-state index is -0.348. The highest BCUT2D eigenvalue weighted by Crippen LogP contribution is 2.28. The molecule has 9 heteroatoms. The van der Waals surface area contributed by atoms with Gasteiger partial charge in [0.1, 0.15) is 5.69 Å². The summed E-state index contributed by atoms with van der Waals surface area (Å²) in [5.74, 6) is -0.348. The third-order valence-electron chi connectivity index (χ3n) is 6.15. The molecule has 0 radical (unpaired) electrons. The number of aryl methyl sites for hydroxylation is 1. The van der Waals surface area contributed by atoms with Crippen molar-refractivity contribution in [3.05, 3.63) is 78.5 Å². The number of likely N-dealkylation sites (tertiary alicyclic amines) is 1. The van der Waals surface area contributed by atoms with E-state index in [2.05, 4.69) is 22.5 Å². The molecule has 36 heavy (non-hydrogen) atoms. The van der Waals surface area contributed by atoms with Crippen molar-refractivity contribution in [1.82, 2.24) is 20.0 Å². The highest BCUT2D eigenvalue weighted by molar-refractivity contribution is 6.01. The quantitative estimate of drug-likeness (QED) is 0.454. The Morgan fingerprint density at radius 3 is 2.53 bits per heavy atom. The third-order valence-corrected chi connectivity index (χ3v) is 6.15. The summed E-state index contributed by atoms with van der Waals surface area (Å²) in [6.07, 6.45) is 4.76. The topological polar surface area (TPSA) is 108 Å². The van der Waals surface area contributed by atoms with Crippen molar-refractivity contribution in [3.63, 3.8) is 0 Å². The third kappa shape index (κ3) is 5.63. The zero-order valence-corrected chi connectivity index (χ0v) is 20.5. The summed E-state index contributed by atoms with van der Waals surface area (Å²) in [4.78, 5) is 38.9. The molecule has 1 aliphatic heterocycles. The standard InChI is InChI=1S/C27H30N6O3/c1-4-24(34)32-14-6-9-22(16-32)33-17-23(26(35)28-3)25(31-33)19-10-12-20(13-11-19)29-27(36)30-21-8-5-7-18(2)15-21/h4-5,7-8,10-13,15,17,22H,1,6,9,14,16H2,2-3H3,(H,28,35)(H2,29,30,36). The molecule has 2 aromatic carbocycles. The zero-order chi connectivity index (χ0) is 25.7.